The number of amides is 2. The van der Waals surface area contributed by atoms with Crippen molar-refractivity contribution < 1.29 is 23.8 Å². The molecule has 2 N–H and O–H groups in total. The standard InChI is InChI=1S/C17H15ClN2O5/c1-23-13-4-2-10(18)6-12(13)20-17(22)8-16(21)19-11-3-5-14-15(7-11)25-9-24-14/h2-7H,8-9H2,1H3,(H,19,21)(H,20,22). The number of fused-ring (bicyclic) bond motifs is 1. The molecule has 25 heavy (non-hydrogen) atoms. The number of nitrogens with one attached hydrogen (secondary N) is 2. The van der Waals surface area contributed by atoms with Gasteiger partial charge in [0.2, 0.25) is 18.6 Å². The predicted octanol–water partition coefficient (Wildman–Crippen LogP) is 3.04. The molecule has 1 aliphatic rings. The molecule has 0 atom stereocenters. The Labute approximate surface area is 148 Å². The summed E-state index contributed by atoms with van der Waals surface area (Å²) in [6.07, 6.45) is -0.357. The minimum absolute atomic E-state index is 0.149. The topological polar surface area (TPSA) is 85.9 Å². The summed E-state index contributed by atoms with van der Waals surface area (Å²) in [5.74, 6) is 0.666. The fraction of sp³-hybridized carbons (Fsp3) is 0.176. The number of halogens is 1. The summed E-state index contributed by atoms with van der Waals surface area (Å²) < 4.78 is 15.6. The fourth-order valence-corrected chi connectivity index (χ4v) is 2.47. The van der Waals surface area contributed by atoms with Crippen molar-refractivity contribution in [1.29, 1.82) is 0 Å². The zero-order valence-corrected chi connectivity index (χ0v) is 14.1. The minimum Gasteiger partial charge on any atom is -0.495 e. The quantitative estimate of drug-likeness (QED) is 0.798. The molecule has 130 valence electrons. The van der Waals surface area contributed by atoms with E-state index < -0.39 is 11.8 Å². The highest BCUT2D eigenvalue weighted by atomic mass is 35.5. The van der Waals surface area contributed by atoms with Crippen molar-refractivity contribution in [2.45, 2.75) is 6.42 Å². The van der Waals surface area contributed by atoms with E-state index in [0.29, 0.717) is 33.6 Å². The second-order valence-corrected chi connectivity index (χ2v) is 5.62. The lowest BCUT2D eigenvalue weighted by molar-refractivity contribution is -0.123. The van der Waals surface area contributed by atoms with Gasteiger partial charge in [0.25, 0.3) is 0 Å². The Morgan fingerprint density at radius 2 is 1.84 bits per heavy atom. The van der Waals surface area contributed by atoms with Crippen molar-refractivity contribution in [3.63, 3.8) is 0 Å². The maximum absolute atomic E-state index is 12.1. The third-order valence-corrected chi connectivity index (χ3v) is 3.65. The summed E-state index contributed by atoms with van der Waals surface area (Å²) in [5.41, 5.74) is 0.915. The van der Waals surface area contributed by atoms with Gasteiger partial charge in [-0.2, -0.15) is 0 Å². The summed E-state index contributed by atoms with van der Waals surface area (Å²) in [6, 6.07) is 9.82. The molecule has 3 rings (SSSR count). The van der Waals surface area contributed by atoms with Gasteiger partial charge in [0.05, 0.1) is 12.8 Å². The lowest BCUT2D eigenvalue weighted by atomic mass is 10.2. The van der Waals surface area contributed by atoms with Gasteiger partial charge < -0.3 is 24.8 Å². The first-order valence-corrected chi connectivity index (χ1v) is 7.76. The summed E-state index contributed by atoms with van der Waals surface area (Å²) >= 11 is 5.91. The van der Waals surface area contributed by atoms with Gasteiger partial charge >= 0.3 is 0 Å². The maximum atomic E-state index is 12.1. The Bertz CT molecular complexity index is 825. The smallest absolute Gasteiger partial charge is 0.233 e. The summed E-state index contributed by atoms with van der Waals surface area (Å²) in [6.45, 7) is 0.149. The normalized spacial score (nSPS) is 11.8. The number of rotatable bonds is 5. The largest absolute Gasteiger partial charge is 0.495 e. The molecule has 0 saturated carbocycles. The van der Waals surface area contributed by atoms with Crippen molar-refractivity contribution >= 4 is 34.8 Å². The van der Waals surface area contributed by atoms with E-state index in [2.05, 4.69) is 10.6 Å². The molecule has 0 unspecified atom stereocenters. The van der Waals surface area contributed by atoms with Crippen LogP contribution >= 0.6 is 11.6 Å². The van der Waals surface area contributed by atoms with Crippen LogP contribution in [-0.4, -0.2) is 25.7 Å². The molecular formula is C17H15ClN2O5. The van der Waals surface area contributed by atoms with Crippen LogP contribution in [0, 0.1) is 0 Å². The monoisotopic (exact) mass is 362 g/mol. The summed E-state index contributed by atoms with van der Waals surface area (Å²) in [4.78, 5) is 24.1. The fourth-order valence-electron chi connectivity index (χ4n) is 2.30. The Morgan fingerprint density at radius 1 is 1.08 bits per heavy atom. The van der Waals surface area contributed by atoms with Crippen molar-refractivity contribution in [3.05, 3.63) is 41.4 Å². The molecule has 2 aromatic rings. The molecular weight excluding hydrogens is 348 g/mol. The molecule has 2 aromatic carbocycles. The van der Waals surface area contributed by atoms with Crippen LogP contribution in [0.2, 0.25) is 5.02 Å². The second-order valence-electron chi connectivity index (χ2n) is 5.19. The number of carbonyl (C=O) groups excluding carboxylic acids is 2. The first-order valence-electron chi connectivity index (χ1n) is 7.38. The molecule has 7 nitrogen and oxygen atoms in total. The average Bonchev–Trinajstić information content (AvgIpc) is 3.02. The molecule has 8 heteroatoms. The van der Waals surface area contributed by atoms with Gasteiger partial charge in [-0.25, -0.2) is 0 Å². The Balaban J connectivity index is 1.59. The van der Waals surface area contributed by atoms with Crippen molar-refractivity contribution in [3.8, 4) is 17.2 Å². The molecule has 0 aromatic heterocycles. The molecule has 0 aliphatic carbocycles. The van der Waals surface area contributed by atoms with Crippen molar-refractivity contribution in [2.75, 3.05) is 24.5 Å². The van der Waals surface area contributed by atoms with Crippen LogP contribution in [-0.2, 0) is 9.59 Å². The van der Waals surface area contributed by atoms with E-state index in [-0.39, 0.29) is 13.2 Å². The number of methoxy groups -OCH3 is 1. The molecule has 0 radical (unpaired) electrons. The molecule has 0 saturated heterocycles. The summed E-state index contributed by atoms with van der Waals surface area (Å²) in [5, 5.41) is 5.69. The molecule has 0 spiro atoms. The van der Waals surface area contributed by atoms with Gasteiger partial charge in [-0.15, -0.1) is 0 Å². The zero-order chi connectivity index (χ0) is 17.8. The number of hydrogen-bond donors (Lipinski definition) is 2. The molecule has 0 bridgehead atoms. The van der Waals surface area contributed by atoms with Crippen LogP contribution in [0.25, 0.3) is 0 Å². The van der Waals surface area contributed by atoms with Crippen LogP contribution in [0.1, 0.15) is 6.42 Å². The highest BCUT2D eigenvalue weighted by Gasteiger charge is 2.16. The average molecular weight is 363 g/mol. The van der Waals surface area contributed by atoms with Gasteiger partial charge in [0.15, 0.2) is 11.5 Å². The highest BCUT2D eigenvalue weighted by molar-refractivity contribution is 6.31. The lowest BCUT2D eigenvalue weighted by Crippen LogP contribution is -2.21. The molecule has 1 aliphatic heterocycles. The lowest BCUT2D eigenvalue weighted by Gasteiger charge is -2.11. The van der Waals surface area contributed by atoms with Crippen LogP contribution in [0.5, 0.6) is 17.2 Å². The first kappa shape index (κ1) is 16.9. The van der Waals surface area contributed by atoms with Crippen LogP contribution in [0.4, 0.5) is 11.4 Å². The molecule has 1 heterocycles. The summed E-state index contributed by atoms with van der Waals surface area (Å²) in [7, 11) is 1.48. The van der Waals surface area contributed by atoms with Crippen LogP contribution in [0.15, 0.2) is 36.4 Å². The number of hydrogen-bond acceptors (Lipinski definition) is 5. The third-order valence-electron chi connectivity index (χ3n) is 3.41. The van der Waals surface area contributed by atoms with E-state index in [0.717, 1.165) is 0 Å². The number of carbonyl (C=O) groups is 2. The molecule has 0 fully saturated rings. The van der Waals surface area contributed by atoms with Gasteiger partial charge in [-0.3, -0.25) is 9.59 Å². The van der Waals surface area contributed by atoms with E-state index in [9.17, 15) is 9.59 Å². The van der Waals surface area contributed by atoms with Gasteiger partial charge in [0, 0.05) is 16.8 Å². The van der Waals surface area contributed by atoms with Crippen LogP contribution < -0.4 is 24.8 Å². The van der Waals surface area contributed by atoms with Gasteiger partial charge in [-0.1, -0.05) is 11.6 Å². The van der Waals surface area contributed by atoms with Crippen molar-refractivity contribution in [1.82, 2.24) is 0 Å². The number of benzene rings is 2. The zero-order valence-electron chi connectivity index (χ0n) is 13.3. The predicted molar refractivity (Wildman–Crippen MR) is 92.4 cm³/mol. The maximum Gasteiger partial charge on any atom is 0.233 e. The second kappa shape index (κ2) is 7.31. The van der Waals surface area contributed by atoms with E-state index in [1.165, 1.54) is 7.11 Å². The van der Waals surface area contributed by atoms with Gasteiger partial charge in [0.1, 0.15) is 12.2 Å². The number of ether oxygens (including phenoxy) is 3. The number of anilines is 2. The minimum atomic E-state index is -0.487. The van der Waals surface area contributed by atoms with Gasteiger partial charge in [-0.05, 0) is 30.3 Å². The van der Waals surface area contributed by atoms with E-state index in [1.807, 2.05) is 0 Å². The Morgan fingerprint density at radius 3 is 2.64 bits per heavy atom. The van der Waals surface area contributed by atoms with Crippen molar-refractivity contribution in [2.24, 2.45) is 0 Å². The SMILES string of the molecule is COc1ccc(Cl)cc1NC(=O)CC(=O)Nc1ccc2c(c1)OCO2. The Kier molecular flexibility index (Phi) is 4.95. The van der Waals surface area contributed by atoms with E-state index >= 15 is 0 Å². The van der Waals surface area contributed by atoms with E-state index in [4.69, 9.17) is 25.8 Å². The van der Waals surface area contributed by atoms with E-state index in [1.54, 1.807) is 36.4 Å². The molecule has 2 amide bonds. The Hall–Kier alpha value is -2.93. The van der Waals surface area contributed by atoms with Crippen LogP contribution in [0.3, 0.4) is 0 Å². The third kappa shape index (κ3) is 4.13. The first-order chi connectivity index (χ1) is 12.0. The highest BCUT2D eigenvalue weighted by Crippen LogP contribution is 2.34.